The second-order valence-electron chi connectivity index (χ2n) is 4.06. The maximum atomic E-state index is 11.8. The first-order valence-electron chi connectivity index (χ1n) is 5.28. The first kappa shape index (κ1) is 13.9. The van der Waals surface area contributed by atoms with Gasteiger partial charge in [-0.1, -0.05) is 0 Å². The Morgan fingerprint density at radius 1 is 1.07 bits per heavy atom. The molecule has 0 atom stereocenters. The van der Waals surface area contributed by atoms with Gasteiger partial charge in [-0.05, 0) is 27.7 Å². The molecule has 0 aliphatic rings. The van der Waals surface area contributed by atoms with E-state index in [4.69, 9.17) is 0 Å². The fraction of sp³-hybridized carbons (Fsp3) is 0.818. The summed E-state index contributed by atoms with van der Waals surface area (Å²) in [6.07, 6.45) is 0.383. The van der Waals surface area contributed by atoms with E-state index in [1.807, 2.05) is 27.7 Å². The molecule has 4 heteroatoms. The number of ether oxygens (including phenoxy) is 1. The topological polar surface area (TPSA) is 46.6 Å². The van der Waals surface area contributed by atoms with Gasteiger partial charge >= 0.3 is 5.97 Å². The van der Waals surface area contributed by atoms with Crippen LogP contribution in [0.25, 0.3) is 0 Å². The Balaban J connectivity index is 4.22. The summed E-state index contributed by atoms with van der Waals surface area (Å²) < 4.78 is 4.49. The van der Waals surface area contributed by atoms with Crippen molar-refractivity contribution in [3.63, 3.8) is 0 Å². The SMILES string of the molecule is COC(=O)CCC(=O)N(C(C)C)C(C)C. The van der Waals surface area contributed by atoms with Crippen molar-refractivity contribution in [3.8, 4) is 0 Å². The van der Waals surface area contributed by atoms with Crippen molar-refractivity contribution in [2.45, 2.75) is 52.6 Å². The van der Waals surface area contributed by atoms with Crippen LogP contribution in [0.2, 0.25) is 0 Å². The molecule has 0 heterocycles. The molecule has 0 rings (SSSR count). The molecule has 0 spiro atoms. The Morgan fingerprint density at radius 3 is 1.87 bits per heavy atom. The van der Waals surface area contributed by atoms with Gasteiger partial charge in [0.1, 0.15) is 0 Å². The van der Waals surface area contributed by atoms with Crippen LogP contribution in [-0.4, -0.2) is 36.0 Å². The van der Waals surface area contributed by atoms with Crippen LogP contribution in [0.3, 0.4) is 0 Å². The molecule has 0 aliphatic heterocycles. The number of hydrogen-bond acceptors (Lipinski definition) is 3. The highest BCUT2D eigenvalue weighted by atomic mass is 16.5. The Labute approximate surface area is 91.6 Å². The molecule has 0 radical (unpaired) electrons. The molecular formula is C11H21NO3. The van der Waals surface area contributed by atoms with Crippen LogP contribution >= 0.6 is 0 Å². The van der Waals surface area contributed by atoms with E-state index in [1.165, 1.54) is 7.11 Å². The van der Waals surface area contributed by atoms with Gasteiger partial charge in [0.2, 0.25) is 5.91 Å². The molecule has 0 N–H and O–H groups in total. The average molecular weight is 215 g/mol. The molecule has 0 aromatic rings. The molecule has 15 heavy (non-hydrogen) atoms. The van der Waals surface area contributed by atoms with E-state index in [9.17, 15) is 9.59 Å². The number of carbonyl (C=O) groups excluding carboxylic acids is 2. The highest BCUT2D eigenvalue weighted by molar-refractivity contribution is 5.81. The number of amides is 1. The minimum absolute atomic E-state index is 0.00500. The molecule has 0 fully saturated rings. The zero-order valence-electron chi connectivity index (χ0n) is 10.2. The average Bonchev–Trinajstić information content (AvgIpc) is 2.12. The summed E-state index contributed by atoms with van der Waals surface area (Å²) >= 11 is 0. The normalized spacial score (nSPS) is 10.6. The predicted octanol–water partition coefficient (Wildman–Crippen LogP) is 1.58. The van der Waals surface area contributed by atoms with Gasteiger partial charge in [-0.3, -0.25) is 9.59 Å². The molecule has 4 nitrogen and oxygen atoms in total. The zero-order chi connectivity index (χ0) is 12.0. The predicted molar refractivity (Wildman–Crippen MR) is 58.4 cm³/mol. The first-order valence-corrected chi connectivity index (χ1v) is 5.28. The van der Waals surface area contributed by atoms with Crippen molar-refractivity contribution < 1.29 is 14.3 Å². The number of rotatable bonds is 5. The van der Waals surface area contributed by atoms with E-state index in [-0.39, 0.29) is 36.8 Å². The molecule has 0 bridgehead atoms. The molecule has 0 unspecified atom stereocenters. The van der Waals surface area contributed by atoms with E-state index in [2.05, 4.69) is 4.74 Å². The van der Waals surface area contributed by atoms with Crippen LogP contribution in [0.1, 0.15) is 40.5 Å². The van der Waals surface area contributed by atoms with Crippen molar-refractivity contribution in [1.82, 2.24) is 4.90 Å². The molecule has 0 saturated heterocycles. The van der Waals surface area contributed by atoms with E-state index < -0.39 is 0 Å². The van der Waals surface area contributed by atoms with Gasteiger partial charge in [0.05, 0.1) is 13.5 Å². The smallest absolute Gasteiger partial charge is 0.306 e. The van der Waals surface area contributed by atoms with E-state index in [1.54, 1.807) is 4.90 Å². The standard InChI is InChI=1S/C11H21NO3/c1-8(2)12(9(3)4)10(13)6-7-11(14)15-5/h8-9H,6-7H2,1-5H3. The highest BCUT2D eigenvalue weighted by Gasteiger charge is 2.20. The summed E-state index contributed by atoms with van der Waals surface area (Å²) in [7, 11) is 1.33. The van der Waals surface area contributed by atoms with Gasteiger partial charge in [0, 0.05) is 18.5 Å². The van der Waals surface area contributed by atoms with Gasteiger partial charge in [-0.25, -0.2) is 0 Å². The number of carbonyl (C=O) groups is 2. The fourth-order valence-corrected chi connectivity index (χ4v) is 1.61. The van der Waals surface area contributed by atoms with Gasteiger partial charge in [0.15, 0.2) is 0 Å². The van der Waals surface area contributed by atoms with E-state index in [0.717, 1.165) is 0 Å². The Kier molecular flexibility index (Phi) is 5.97. The van der Waals surface area contributed by atoms with Crippen molar-refractivity contribution in [3.05, 3.63) is 0 Å². The lowest BCUT2D eigenvalue weighted by molar-refractivity contribution is -0.144. The third kappa shape index (κ3) is 4.81. The molecule has 1 amide bonds. The van der Waals surface area contributed by atoms with E-state index >= 15 is 0 Å². The quantitative estimate of drug-likeness (QED) is 0.654. The lowest BCUT2D eigenvalue weighted by atomic mass is 10.2. The Hall–Kier alpha value is -1.06. The van der Waals surface area contributed by atoms with Gasteiger partial charge in [-0.2, -0.15) is 0 Å². The second kappa shape index (κ2) is 6.43. The van der Waals surface area contributed by atoms with Crippen LogP contribution in [0.5, 0.6) is 0 Å². The van der Waals surface area contributed by atoms with Gasteiger partial charge in [-0.15, -0.1) is 0 Å². The lowest BCUT2D eigenvalue weighted by Gasteiger charge is -2.30. The summed E-state index contributed by atoms with van der Waals surface area (Å²) in [5.74, 6) is -0.332. The summed E-state index contributed by atoms with van der Waals surface area (Å²) in [5, 5.41) is 0. The van der Waals surface area contributed by atoms with E-state index in [0.29, 0.717) is 0 Å². The van der Waals surface area contributed by atoms with Gasteiger partial charge in [0.25, 0.3) is 0 Å². The highest BCUT2D eigenvalue weighted by Crippen LogP contribution is 2.08. The van der Waals surface area contributed by atoms with Crippen LogP contribution in [0, 0.1) is 0 Å². The second-order valence-corrected chi connectivity index (χ2v) is 4.06. The molecule has 0 aliphatic carbocycles. The number of nitrogens with zero attached hydrogens (tertiary/aromatic N) is 1. The van der Waals surface area contributed by atoms with Crippen molar-refractivity contribution in [2.24, 2.45) is 0 Å². The van der Waals surface area contributed by atoms with Crippen molar-refractivity contribution in [2.75, 3.05) is 7.11 Å². The van der Waals surface area contributed by atoms with Crippen LogP contribution in [-0.2, 0) is 14.3 Å². The molecule has 0 saturated carbocycles. The lowest BCUT2D eigenvalue weighted by Crippen LogP contribution is -2.42. The van der Waals surface area contributed by atoms with Crippen LogP contribution < -0.4 is 0 Å². The van der Waals surface area contributed by atoms with Crippen molar-refractivity contribution in [1.29, 1.82) is 0 Å². The largest absolute Gasteiger partial charge is 0.469 e. The van der Waals surface area contributed by atoms with Crippen molar-refractivity contribution >= 4 is 11.9 Å². The summed E-state index contributed by atoms with van der Waals surface area (Å²) in [6.45, 7) is 7.87. The monoisotopic (exact) mass is 215 g/mol. The maximum Gasteiger partial charge on any atom is 0.306 e. The Bertz CT molecular complexity index is 216. The number of methoxy groups -OCH3 is 1. The van der Waals surface area contributed by atoms with Crippen LogP contribution in [0.15, 0.2) is 0 Å². The summed E-state index contributed by atoms with van der Waals surface area (Å²) in [6, 6.07) is 0.324. The molecular weight excluding hydrogens is 194 g/mol. The Morgan fingerprint density at radius 2 is 1.53 bits per heavy atom. The van der Waals surface area contributed by atoms with Gasteiger partial charge < -0.3 is 9.64 Å². The minimum Gasteiger partial charge on any atom is -0.469 e. The number of esters is 1. The first-order chi connectivity index (χ1) is 6.90. The van der Waals surface area contributed by atoms with Crippen LogP contribution in [0.4, 0.5) is 0 Å². The molecule has 0 aromatic carbocycles. The summed E-state index contributed by atoms with van der Waals surface area (Å²) in [4.78, 5) is 24.4. The minimum atomic E-state index is -0.337. The molecule has 88 valence electrons. The summed E-state index contributed by atoms with van der Waals surface area (Å²) in [5.41, 5.74) is 0. The third-order valence-electron chi connectivity index (χ3n) is 2.17. The maximum absolute atomic E-state index is 11.8. The fourth-order valence-electron chi connectivity index (χ4n) is 1.61. The number of hydrogen-bond donors (Lipinski definition) is 0. The third-order valence-corrected chi connectivity index (χ3v) is 2.17. The zero-order valence-corrected chi connectivity index (χ0v) is 10.2. The molecule has 0 aromatic heterocycles.